The number of fused-ring (bicyclic) bond motifs is 3. The Labute approximate surface area is 302 Å². The Morgan fingerprint density at radius 2 is 1.41 bits per heavy atom. The maximum atomic E-state index is 13.6. The monoisotopic (exact) mass is 718 g/mol. The highest BCUT2D eigenvalue weighted by molar-refractivity contribution is 7.99. The van der Waals surface area contributed by atoms with Crippen molar-refractivity contribution in [3.05, 3.63) is 90.5 Å². The van der Waals surface area contributed by atoms with Crippen molar-refractivity contribution in [1.29, 1.82) is 0 Å². The number of carbonyl (C=O) groups excluding carboxylic acids is 1. The Morgan fingerprint density at radius 3 is 2.20 bits per heavy atom. The van der Waals surface area contributed by atoms with Crippen molar-refractivity contribution in [3.63, 3.8) is 0 Å². The predicted octanol–water partition coefficient (Wildman–Crippen LogP) is 7.95. The smallest absolute Gasteiger partial charge is 0.416 e. The zero-order valence-corrected chi connectivity index (χ0v) is 29.6. The highest BCUT2D eigenvalue weighted by Gasteiger charge is 2.33. The van der Waals surface area contributed by atoms with E-state index >= 15 is 0 Å². The van der Waals surface area contributed by atoms with Gasteiger partial charge in [0.2, 0.25) is 6.10 Å². The third-order valence-corrected chi connectivity index (χ3v) is 11.2. The third-order valence-electron chi connectivity index (χ3n) is 10.1. The number of anilines is 2. The van der Waals surface area contributed by atoms with Crippen LogP contribution in [0.15, 0.2) is 94.7 Å². The molecule has 1 atom stereocenters. The molecular formula is C40H45F3N4O3S. The van der Waals surface area contributed by atoms with E-state index in [2.05, 4.69) is 20.8 Å². The number of esters is 1. The standard InChI is InChI=1S/C40H45F3N4O3S/c41-40(42,43)32-14-16-38-35(28-32)47(34-11-4-5-12-37(34)51-38)20-8-19-44-21-23-45(24-22-44)25-26-49-39(48)36(29-46-17-6-1-7-18-46)50-33-15-13-30-9-2-3-10-31(30)27-33/h2-5,9-16,27-28,36H,1,6-8,17-26,29H2. The van der Waals surface area contributed by atoms with E-state index in [9.17, 15) is 18.0 Å². The van der Waals surface area contributed by atoms with Gasteiger partial charge >= 0.3 is 12.1 Å². The number of likely N-dealkylation sites (tertiary alicyclic amines) is 1. The van der Waals surface area contributed by atoms with Gasteiger partial charge in [-0.05, 0) is 92.1 Å². The van der Waals surface area contributed by atoms with Gasteiger partial charge in [0, 0.05) is 55.6 Å². The SMILES string of the molecule is O=C(OCCN1CCN(CCCN2c3ccccc3Sc3ccc(C(F)(F)F)cc32)CC1)C(CN1CCCCC1)Oc1ccc2ccccc2c1. The van der Waals surface area contributed by atoms with E-state index in [1.54, 1.807) is 6.07 Å². The van der Waals surface area contributed by atoms with Crippen molar-refractivity contribution in [2.75, 3.05) is 77.0 Å². The molecule has 4 aromatic carbocycles. The molecule has 1 unspecified atom stereocenters. The highest BCUT2D eigenvalue weighted by atomic mass is 32.2. The molecule has 0 saturated carbocycles. The molecule has 0 radical (unpaired) electrons. The van der Waals surface area contributed by atoms with Crippen molar-refractivity contribution >= 4 is 39.9 Å². The van der Waals surface area contributed by atoms with Gasteiger partial charge in [0.1, 0.15) is 12.4 Å². The summed E-state index contributed by atoms with van der Waals surface area (Å²) >= 11 is 1.52. The minimum Gasteiger partial charge on any atom is -0.477 e. The van der Waals surface area contributed by atoms with Crippen molar-refractivity contribution in [2.24, 2.45) is 0 Å². The number of hydrogen-bond donors (Lipinski definition) is 0. The number of rotatable bonds is 12. The fraction of sp³-hybridized carbons (Fsp3) is 0.425. The molecule has 3 aliphatic rings. The van der Waals surface area contributed by atoms with Crippen LogP contribution in [0.1, 0.15) is 31.2 Å². The van der Waals surface area contributed by atoms with Gasteiger partial charge in [0.05, 0.1) is 16.9 Å². The van der Waals surface area contributed by atoms with Crippen molar-refractivity contribution in [3.8, 4) is 5.75 Å². The van der Waals surface area contributed by atoms with Crippen LogP contribution in [0.4, 0.5) is 24.5 Å². The first-order valence-corrected chi connectivity index (χ1v) is 18.9. The molecule has 0 amide bonds. The normalized spacial score (nSPS) is 17.9. The summed E-state index contributed by atoms with van der Waals surface area (Å²) in [6, 6.07) is 26.0. The molecule has 11 heteroatoms. The molecule has 7 nitrogen and oxygen atoms in total. The molecule has 0 bridgehead atoms. The number of alkyl halides is 3. The molecule has 270 valence electrons. The fourth-order valence-corrected chi connectivity index (χ4v) is 8.32. The number of para-hydroxylation sites is 1. The van der Waals surface area contributed by atoms with Crippen molar-refractivity contribution in [1.82, 2.24) is 14.7 Å². The summed E-state index contributed by atoms with van der Waals surface area (Å²) in [5.74, 6) is 0.344. The van der Waals surface area contributed by atoms with Gasteiger partial charge in [0.15, 0.2) is 0 Å². The molecule has 3 heterocycles. The number of benzene rings is 4. The van der Waals surface area contributed by atoms with Crippen LogP contribution >= 0.6 is 11.8 Å². The van der Waals surface area contributed by atoms with E-state index < -0.39 is 17.8 Å². The first-order chi connectivity index (χ1) is 24.8. The summed E-state index contributed by atoms with van der Waals surface area (Å²) in [6.45, 7) is 8.39. The summed E-state index contributed by atoms with van der Waals surface area (Å²) in [6.07, 6.45) is -0.781. The average Bonchev–Trinajstić information content (AvgIpc) is 3.14. The second-order valence-corrected chi connectivity index (χ2v) is 14.7. The molecule has 0 spiro atoms. The molecule has 4 aromatic rings. The Balaban J connectivity index is 0.885. The molecule has 0 aliphatic carbocycles. The maximum absolute atomic E-state index is 13.6. The van der Waals surface area contributed by atoms with Crippen LogP contribution in [0, 0.1) is 0 Å². The number of piperidine rings is 1. The number of halogens is 3. The topological polar surface area (TPSA) is 48.5 Å². The largest absolute Gasteiger partial charge is 0.477 e. The van der Waals surface area contributed by atoms with E-state index in [1.165, 1.54) is 30.3 Å². The number of hydrogen-bond acceptors (Lipinski definition) is 8. The lowest BCUT2D eigenvalue weighted by Crippen LogP contribution is -2.48. The van der Waals surface area contributed by atoms with E-state index in [-0.39, 0.29) is 5.97 Å². The fourth-order valence-electron chi connectivity index (χ4n) is 7.25. The second-order valence-electron chi connectivity index (χ2n) is 13.6. The average molecular weight is 719 g/mol. The van der Waals surface area contributed by atoms with Crippen LogP contribution in [0.2, 0.25) is 0 Å². The third kappa shape index (κ3) is 9.00. The van der Waals surface area contributed by atoms with Crippen LogP contribution in [0.5, 0.6) is 5.75 Å². The van der Waals surface area contributed by atoms with Gasteiger partial charge in [-0.3, -0.25) is 9.80 Å². The Morgan fingerprint density at radius 1 is 0.706 bits per heavy atom. The van der Waals surface area contributed by atoms with Gasteiger partial charge in [-0.2, -0.15) is 13.2 Å². The van der Waals surface area contributed by atoms with E-state index in [4.69, 9.17) is 9.47 Å². The summed E-state index contributed by atoms with van der Waals surface area (Å²) in [5.41, 5.74) is 0.950. The Kier molecular flexibility index (Phi) is 11.4. The molecule has 51 heavy (non-hydrogen) atoms. The summed E-state index contributed by atoms with van der Waals surface area (Å²) < 4.78 is 52.9. The van der Waals surface area contributed by atoms with Crippen LogP contribution in [-0.2, 0) is 15.7 Å². The molecule has 2 saturated heterocycles. The summed E-state index contributed by atoms with van der Waals surface area (Å²) in [5, 5.41) is 2.20. The minimum atomic E-state index is -4.39. The van der Waals surface area contributed by atoms with Gasteiger partial charge in [-0.1, -0.05) is 60.6 Å². The Hall–Kier alpha value is -3.77. The lowest BCUT2D eigenvalue weighted by atomic mass is 10.1. The maximum Gasteiger partial charge on any atom is 0.416 e. The van der Waals surface area contributed by atoms with Gasteiger partial charge in [0.25, 0.3) is 0 Å². The van der Waals surface area contributed by atoms with E-state index in [0.717, 1.165) is 91.3 Å². The first-order valence-electron chi connectivity index (χ1n) is 18.0. The number of carbonyl (C=O) groups is 1. The molecule has 0 N–H and O–H groups in total. The second kappa shape index (κ2) is 16.3. The zero-order valence-electron chi connectivity index (χ0n) is 28.8. The van der Waals surface area contributed by atoms with Gasteiger partial charge in [-0.15, -0.1) is 0 Å². The van der Waals surface area contributed by atoms with Gasteiger partial charge < -0.3 is 19.3 Å². The van der Waals surface area contributed by atoms with E-state index in [1.807, 2.05) is 65.6 Å². The van der Waals surface area contributed by atoms with Crippen molar-refractivity contribution < 1.29 is 27.4 Å². The lowest BCUT2D eigenvalue weighted by Gasteiger charge is -2.36. The van der Waals surface area contributed by atoms with E-state index in [0.29, 0.717) is 37.7 Å². The minimum absolute atomic E-state index is 0.308. The summed E-state index contributed by atoms with van der Waals surface area (Å²) in [4.78, 5) is 24.4. The number of nitrogens with zero attached hydrogens (tertiary/aromatic N) is 4. The number of ether oxygens (including phenoxy) is 2. The quantitative estimate of drug-likeness (QED) is 0.137. The molecule has 2 fully saturated rings. The molecular weight excluding hydrogens is 674 g/mol. The van der Waals surface area contributed by atoms with Crippen LogP contribution in [0.25, 0.3) is 10.8 Å². The lowest BCUT2D eigenvalue weighted by molar-refractivity contribution is -0.153. The zero-order chi connectivity index (χ0) is 35.2. The van der Waals surface area contributed by atoms with Crippen LogP contribution in [0.3, 0.4) is 0 Å². The Bertz CT molecular complexity index is 1790. The molecule has 0 aromatic heterocycles. The molecule has 7 rings (SSSR count). The van der Waals surface area contributed by atoms with Crippen LogP contribution in [-0.4, -0.2) is 98.8 Å². The van der Waals surface area contributed by atoms with Gasteiger partial charge in [-0.25, -0.2) is 4.79 Å². The number of piperazine rings is 1. The molecule has 3 aliphatic heterocycles. The summed E-state index contributed by atoms with van der Waals surface area (Å²) in [7, 11) is 0. The first kappa shape index (κ1) is 35.6. The van der Waals surface area contributed by atoms with Crippen LogP contribution < -0.4 is 9.64 Å². The highest BCUT2D eigenvalue weighted by Crippen LogP contribution is 2.49. The van der Waals surface area contributed by atoms with Crippen molar-refractivity contribution in [2.45, 2.75) is 47.8 Å². The predicted molar refractivity (Wildman–Crippen MR) is 196 cm³/mol.